The Hall–Kier alpha value is -0.740. The summed E-state index contributed by atoms with van der Waals surface area (Å²) in [5.74, 6) is 0.192. The molecule has 0 atom stereocenters. The zero-order chi connectivity index (χ0) is 14.0. The number of rotatable bonds is 5. The minimum absolute atomic E-state index is 0.0634. The third-order valence-corrected chi connectivity index (χ3v) is 5.09. The molecular formula is C14H19ClN2OS. The van der Waals surface area contributed by atoms with Gasteiger partial charge in [0.2, 0.25) is 0 Å². The van der Waals surface area contributed by atoms with Gasteiger partial charge in [-0.15, -0.1) is 0 Å². The predicted molar refractivity (Wildman–Crippen MR) is 81.1 cm³/mol. The molecule has 1 N–H and O–H groups in total. The zero-order valence-electron chi connectivity index (χ0n) is 11.5. The second-order valence-electron chi connectivity index (χ2n) is 5.33. The first kappa shape index (κ1) is 14.7. The summed E-state index contributed by atoms with van der Waals surface area (Å²) >= 11 is 7.81. The Labute approximate surface area is 123 Å². The Morgan fingerprint density at radius 2 is 2.21 bits per heavy atom. The number of pyridine rings is 1. The van der Waals surface area contributed by atoms with Gasteiger partial charge in [0.1, 0.15) is 5.15 Å². The fraction of sp³-hybridized carbons (Fsp3) is 0.571. The van der Waals surface area contributed by atoms with Crippen LogP contribution in [-0.2, 0) is 0 Å². The highest BCUT2D eigenvalue weighted by atomic mass is 35.5. The van der Waals surface area contributed by atoms with Crippen molar-refractivity contribution in [2.75, 3.05) is 12.8 Å². The van der Waals surface area contributed by atoms with Gasteiger partial charge < -0.3 is 5.32 Å². The molecule has 1 aliphatic rings. The van der Waals surface area contributed by atoms with Crippen molar-refractivity contribution >= 4 is 29.3 Å². The van der Waals surface area contributed by atoms with Crippen LogP contribution in [0.15, 0.2) is 12.1 Å². The van der Waals surface area contributed by atoms with E-state index in [2.05, 4.69) is 16.6 Å². The first-order valence-corrected chi connectivity index (χ1v) is 8.07. The van der Waals surface area contributed by atoms with Crippen molar-refractivity contribution in [3.63, 3.8) is 0 Å². The molecule has 2 rings (SSSR count). The van der Waals surface area contributed by atoms with E-state index in [-0.39, 0.29) is 16.6 Å². The number of hydrogen-bond donors (Lipinski definition) is 1. The first-order valence-electron chi connectivity index (χ1n) is 6.46. The number of carbonyl (C=O) groups excluding carboxylic acids is 1. The summed E-state index contributed by atoms with van der Waals surface area (Å²) in [5.41, 5.74) is 1.45. The lowest BCUT2D eigenvalue weighted by atomic mass is 10.1. The lowest BCUT2D eigenvalue weighted by Crippen LogP contribution is -2.31. The highest BCUT2D eigenvalue weighted by molar-refractivity contribution is 8.00. The number of hydrogen-bond acceptors (Lipinski definition) is 3. The van der Waals surface area contributed by atoms with E-state index >= 15 is 0 Å². The Morgan fingerprint density at radius 3 is 2.74 bits per heavy atom. The average molecular weight is 299 g/mol. The number of halogens is 1. The molecule has 1 aliphatic carbocycles. The fourth-order valence-corrected chi connectivity index (χ4v) is 2.82. The minimum Gasteiger partial charge on any atom is -0.351 e. The SMILES string of the molecule is CSC1(CNC(=O)c2cc(Cl)nc(C(C)C)c2)CC1. The molecule has 19 heavy (non-hydrogen) atoms. The maximum atomic E-state index is 12.2. The summed E-state index contributed by atoms with van der Waals surface area (Å²) in [6, 6.07) is 3.45. The molecular weight excluding hydrogens is 280 g/mol. The molecule has 1 saturated carbocycles. The molecule has 1 amide bonds. The second kappa shape index (κ2) is 5.71. The average Bonchev–Trinajstić information content (AvgIpc) is 3.16. The number of aromatic nitrogens is 1. The normalized spacial score (nSPS) is 16.5. The lowest BCUT2D eigenvalue weighted by Gasteiger charge is -2.14. The van der Waals surface area contributed by atoms with Crippen LogP contribution >= 0.6 is 23.4 Å². The lowest BCUT2D eigenvalue weighted by molar-refractivity contribution is 0.0953. The standard InChI is InChI=1S/C14H19ClN2OS/c1-9(2)11-6-10(7-12(15)17-11)13(18)16-8-14(19-3)4-5-14/h6-7,9H,4-5,8H2,1-3H3,(H,16,18). The van der Waals surface area contributed by atoms with Gasteiger partial charge in [0, 0.05) is 22.5 Å². The Morgan fingerprint density at radius 1 is 1.53 bits per heavy atom. The van der Waals surface area contributed by atoms with Crippen molar-refractivity contribution in [2.24, 2.45) is 0 Å². The van der Waals surface area contributed by atoms with Crippen molar-refractivity contribution in [1.82, 2.24) is 10.3 Å². The number of carbonyl (C=O) groups is 1. The molecule has 0 spiro atoms. The van der Waals surface area contributed by atoms with Crippen LogP contribution in [0.25, 0.3) is 0 Å². The van der Waals surface area contributed by atoms with Crippen molar-refractivity contribution in [1.29, 1.82) is 0 Å². The molecule has 5 heteroatoms. The van der Waals surface area contributed by atoms with Crippen molar-refractivity contribution in [3.05, 3.63) is 28.5 Å². The molecule has 0 aliphatic heterocycles. The second-order valence-corrected chi connectivity index (χ2v) is 6.99. The Bertz CT molecular complexity index is 486. The molecule has 1 aromatic heterocycles. The molecule has 0 radical (unpaired) electrons. The van der Waals surface area contributed by atoms with Crippen molar-refractivity contribution < 1.29 is 4.79 Å². The molecule has 3 nitrogen and oxygen atoms in total. The number of nitrogens with one attached hydrogen (secondary N) is 1. The fourth-order valence-electron chi connectivity index (χ4n) is 1.88. The topological polar surface area (TPSA) is 42.0 Å². The van der Waals surface area contributed by atoms with Crippen molar-refractivity contribution in [2.45, 2.75) is 37.4 Å². The summed E-state index contributed by atoms with van der Waals surface area (Å²) in [6.45, 7) is 4.80. The summed E-state index contributed by atoms with van der Waals surface area (Å²) < 4.78 is 0.271. The van der Waals surface area contributed by atoms with Gasteiger partial charge in [-0.2, -0.15) is 11.8 Å². The van der Waals surface area contributed by atoms with Crippen molar-refractivity contribution in [3.8, 4) is 0 Å². The minimum atomic E-state index is -0.0634. The van der Waals surface area contributed by atoms with Gasteiger partial charge in [0.05, 0.1) is 0 Å². The monoisotopic (exact) mass is 298 g/mol. The largest absolute Gasteiger partial charge is 0.351 e. The highest BCUT2D eigenvalue weighted by Gasteiger charge is 2.41. The van der Waals surface area contributed by atoms with Crippen LogP contribution in [0.3, 0.4) is 0 Å². The van der Waals surface area contributed by atoms with Gasteiger partial charge in [-0.25, -0.2) is 4.98 Å². The van der Waals surface area contributed by atoms with Crippen LogP contribution in [0.2, 0.25) is 5.15 Å². The van der Waals surface area contributed by atoms with Crippen LogP contribution in [-0.4, -0.2) is 28.4 Å². The van der Waals surface area contributed by atoms with Crippen LogP contribution in [0, 0.1) is 0 Å². The maximum Gasteiger partial charge on any atom is 0.251 e. The molecule has 0 saturated heterocycles. The molecule has 0 unspecified atom stereocenters. The van der Waals surface area contributed by atoms with Gasteiger partial charge >= 0.3 is 0 Å². The smallest absolute Gasteiger partial charge is 0.251 e. The Balaban J connectivity index is 2.06. The van der Waals surface area contributed by atoms with Crippen LogP contribution in [0.1, 0.15) is 48.7 Å². The van der Waals surface area contributed by atoms with Gasteiger partial charge in [0.25, 0.3) is 5.91 Å². The number of amides is 1. The Kier molecular flexibility index (Phi) is 4.41. The summed E-state index contributed by atoms with van der Waals surface area (Å²) in [7, 11) is 0. The van der Waals surface area contributed by atoms with E-state index in [4.69, 9.17) is 11.6 Å². The van der Waals surface area contributed by atoms with Gasteiger partial charge in [-0.3, -0.25) is 4.79 Å². The van der Waals surface area contributed by atoms with E-state index in [9.17, 15) is 4.79 Å². The van der Waals surface area contributed by atoms with Gasteiger partial charge in [0.15, 0.2) is 0 Å². The molecule has 0 aromatic carbocycles. The molecule has 104 valence electrons. The summed E-state index contributed by atoms with van der Waals surface area (Å²) in [6.07, 6.45) is 4.46. The highest BCUT2D eigenvalue weighted by Crippen LogP contribution is 2.46. The van der Waals surface area contributed by atoms with E-state index in [0.717, 1.165) is 12.2 Å². The molecule has 0 bridgehead atoms. The maximum absolute atomic E-state index is 12.2. The van der Waals surface area contributed by atoms with Gasteiger partial charge in [-0.05, 0) is 37.1 Å². The third kappa shape index (κ3) is 3.63. The molecule has 1 aromatic rings. The van der Waals surface area contributed by atoms with Crippen LogP contribution < -0.4 is 5.32 Å². The molecule has 1 heterocycles. The number of nitrogens with zero attached hydrogens (tertiary/aromatic N) is 1. The van der Waals surface area contributed by atoms with E-state index in [1.54, 1.807) is 6.07 Å². The third-order valence-electron chi connectivity index (χ3n) is 3.48. The van der Waals surface area contributed by atoms with Gasteiger partial charge in [-0.1, -0.05) is 25.4 Å². The quantitative estimate of drug-likeness (QED) is 0.846. The zero-order valence-corrected chi connectivity index (χ0v) is 13.1. The van der Waals surface area contributed by atoms with E-state index < -0.39 is 0 Å². The van der Waals surface area contributed by atoms with Crippen LogP contribution in [0.5, 0.6) is 0 Å². The van der Waals surface area contributed by atoms with E-state index in [0.29, 0.717) is 10.7 Å². The molecule has 1 fully saturated rings. The van der Waals surface area contributed by atoms with E-state index in [1.807, 2.05) is 31.7 Å². The summed E-state index contributed by atoms with van der Waals surface area (Å²) in [4.78, 5) is 16.4. The van der Waals surface area contributed by atoms with Crippen LogP contribution in [0.4, 0.5) is 0 Å². The number of thioether (sulfide) groups is 1. The van der Waals surface area contributed by atoms with E-state index in [1.165, 1.54) is 12.8 Å². The summed E-state index contributed by atoms with van der Waals surface area (Å²) in [5, 5.41) is 3.38. The first-order chi connectivity index (χ1) is 8.96. The predicted octanol–water partition coefficient (Wildman–Crippen LogP) is 3.48.